The maximum absolute atomic E-state index is 11.7. The summed E-state index contributed by atoms with van der Waals surface area (Å²) in [7, 11) is -2.12. The molecule has 122 valence electrons. The topological polar surface area (TPSA) is 89.7 Å². The van der Waals surface area contributed by atoms with Crippen LogP contribution in [0.5, 0.6) is 0 Å². The zero-order valence-electron chi connectivity index (χ0n) is 12.7. The number of ketones is 1. The average molecular weight is 326 g/mol. The van der Waals surface area contributed by atoms with Crippen molar-refractivity contribution in [2.24, 2.45) is 5.14 Å². The van der Waals surface area contributed by atoms with Gasteiger partial charge in [-0.1, -0.05) is 0 Å². The molecule has 1 saturated heterocycles. The van der Waals surface area contributed by atoms with Gasteiger partial charge in [0.25, 0.3) is 0 Å². The van der Waals surface area contributed by atoms with Gasteiger partial charge in [0.15, 0.2) is 0 Å². The monoisotopic (exact) mass is 326 g/mol. The first-order valence-electron chi connectivity index (χ1n) is 7.32. The first kappa shape index (κ1) is 16.9. The Morgan fingerprint density at radius 3 is 2.50 bits per heavy atom. The number of nitrogens with two attached hydrogens (primary N) is 1. The van der Waals surface area contributed by atoms with Crippen molar-refractivity contribution in [1.82, 2.24) is 0 Å². The fourth-order valence-corrected chi connectivity index (χ4v) is 3.17. The van der Waals surface area contributed by atoms with Gasteiger partial charge in [-0.2, -0.15) is 0 Å². The second kappa shape index (κ2) is 7.21. The zero-order valence-corrected chi connectivity index (χ0v) is 13.6. The van der Waals surface area contributed by atoms with Crippen molar-refractivity contribution < 1.29 is 17.9 Å². The van der Waals surface area contributed by atoms with Gasteiger partial charge in [-0.15, -0.1) is 0 Å². The number of carbonyl (C=O) groups is 1. The van der Waals surface area contributed by atoms with Crippen LogP contribution in [-0.4, -0.2) is 41.0 Å². The predicted molar refractivity (Wildman–Crippen MR) is 84.5 cm³/mol. The fraction of sp³-hybridized carbons (Fsp3) is 0.533. The minimum absolute atomic E-state index is 0.120. The number of methoxy groups -OCH3 is 1. The first-order valence-corrected chi connectivity index (χ1v) is 8.87. The van der Waals surface area contributed by atoms with Crippen LogP contribution in [0.3, 0.4) is 0 Å². The number of Topliss-reactive ketones (excluding diaryl/α,β-unsaturated/α-hetero) is 1. The Hall–Kier alpha value is -1.44. The van der Waals surface area contributed by atoms with Crippen LogP contribution in [0.2, 0.25) is 0 Å². The zero-order chi connectivity index (χ0) is 16.2. The molecule has 6 nitrogen and oxygen atoms in total. The number of rotatable bonds is 6. The minimum atomic E-state index is -3.75. The highest BCUT2D eigenvalue weighted by Crippen LogP contribution is 2.25. The van der Waals surface area contributed by atoms with E-state index in [1.807, 2.05) is 11.0 Å². The lowest BCUT2D eigenvalue weighted by Gasteiger charge is -2.29. The lowest BCUT2D eigenvalue weighted by molar-refractivity contribution is -0.119. The second-order valence-corrected chi connectivity index (χ2v) is 7.06. The normalized spacial score (nSPS) is 16.1. The molecule has 0 bridgehead atoms. The Morgan fingerprint density at radius 2 is 1.91 bits per heavy atom. The number of benzene rings is 1. The molecule has 1 aliphatic heterocycles. The number of anilines is 1. The number of carbonyl (C=O) groups excluding carboxylic acids is 1. The molecule has 7 heteroatoms. The molecule has 0 atom stereocenters. The number of hydrogen-bond donors (Lipinski definition) is 1. The van der Waals surface area contributed by atoms with E-state index in [9.17, 15) is 13.2 Å². The highest BCUT2D eigenvalue weighted by molar-refractivity contribution is 7.89. The van der Waals surface area contributed by atoms with Crippen LogP contribution in [0, 0.1) is 0 Å². The third-order valence-corrected chi connectivity index (χ3v) is 4.67. The van der Waals surface area contributed by atoms with Gasteiger partial charge in [-0.3, -0.25) is 4.79 Å². The van der Waals surface area contributed by atoms with Gasteiger partial charge in [0.05, 0.1) is 4.90 Å². The molecule has 0 radical (unpaired) electrons. The first-order chi connectivity index (χ1) is 10.4. The van der Waals surface area contributed by atoms with E-state index in [0.29, 0.717) is 32.5 Å². The lowest BCUT2D eigenvalue weighted by Crippen LogP contribution is -2.34. The molecular weight excluding hydrogens is 304 g/mol. The van der Waals surface area contributed by atoms with Crippen molar-refractivity contribution in [2.75, 3.05) is 31.7 Å². The summed E-state index contributed by atoms with van der Waals surface area (Å²) in [6.45, 7) is 1.85. The van der Waals surface area contributed by atoms with Crippen LogP contribution in [0.15, 0.2) is 23.1 Å². The quantitative estimate of drug-likeness (QED) is 0.790. The number of ether oxygens (including phenoxy) is 1. The summed E-state index contributed by atoms with van der Waals surface area (Å²) in [6, 6.07) is 5.18. The number of aryl methyl sites for hydroxylation is 1. The fourth-order valence-electron chi connectivity index (χ4n) is 2.57. The molecule has 0 unspecified atom stereocenters. The van der Waals surface area contributed by atoms with Crippen molar-refractivity contribution in [3.8, 4) is 0 Å². The van der Waals surface area contributed by atoms with Crippen LogP contribution in [0.4, 0.5) is 5.69 Å². The van der Waals surface area contributed by atoms with Gasteiger partial charge < -0.3 is 9.64 Å². The minimum Gasteiger partial charge on any atom is -0.385 e. The summed E-state index contributed by atoms with van der Waals surface area (Å²) in [4.78, 5) is 13.5. The summed E-state index contributed by atoms with van der Waals surface area (Å²) < 4.78 is 28.4. The number of hydrogen-bond acceptors (Lipinski definition) is 5. The summed E-state index contributed by atoms with van der Waals surface area (Å²) >= 11 is 0. The SMILES string of the molecule is COCCCc1cc(N2CCC(=O)CC2)cc(S(N)(=O)=O)c1. The molecule has 1 aliphatic rings. The Kier molecular flexibility index (Phi) is 5.55. The molecule has 1 heterocycles. The van der Waals surface area contributed by atoms with Crippen molar-refractivity contribution >= 4 is 21.5 Å². The summed E-state index contributed by atoms with van der Waals surface area (Å²) in [5.74, 6) is 0.249. The van der Waals surface area contributed by atoms with Crippen molar-refractivity contribution in [3.63, 3.8) is 0 Å². The number of nitrogens with zero attached hydrogens (tertiary/aromatic N) is 1. The van der Waals surface area contributed by atoms with E-state index >= 15 is 0 Å². The summed E-state index contributed by atoms with van der Waals surface area (Å²) in [6.07, 6.45) is 2.52. The van der Waals surface area contributed by atoms with E-state index in [-0.39, 0.29) is 10.7 Å². The van der Waals surface area contributed by atoms with Crippen molar-refractivity contribution in [3.05, 3.63) is 23.8 Å². The third kappa shape index (κ3) is 4.53. The molecule has 0 saturated carbocycles. The van der Waals surface area contributed by atoms with Gasteiger partial charge in [0.1, 0.15) is 5.78 Å². The van der Waals surface area contributed by atoms with Crippen LogP contribution in [-0.2, 0) is 26.0 Å². The number of primary sulfonamides is 1. The molecular formula is C15H22N2O4S. The Bertz CT molecular complexity index is 633. The summed E-state index contributed by atoms with van der Waals surface area (Å²) in [5, 5.41) is 5.28. The predicted octanol–water partition coefficient (Wildman–Crippen LogP) is 1.08. The molecule has 1 aromatic carbocycles. The Labute approximate surface area is 131 Å². The van der Waals surface area contributed by atoms with Gasteiger partial charge >= 0.3 is 0 Å². The maximum atomic E-state index is 11.7. The molecule has 22 heavy (non-hydrogen) atoms. The summed E-state index contributed by atoms with van der Waals surface area (Å²) in [5.41, 5.74) is 1.72. The highest BCUT2D eigenvalue weighted by atomic mass is 32.2. The van der Waals surface area contributed by atoms with E-state index in [1.165, 1.54) is 0 Å². The Morgan fingerprint density at radius 1 is 1.23 bits per heavy atom. The van der Waals surface area contributed by atoms with Gasteiger partial charge in [-0.05, 0) is 36.6 Å². The molecule has 0 spiro atoms. The van der Waals surface area contributed by atoms with Crippen LogP contribution in [0.25, 0.3) is 0 Å². The van der Waals surface area contributed by atoms with Crippen LogP contribution >= 0.6 is 0 Å². The standard InChI is InChI=1S/C15H22N2O4S/c1-21-8-2-3-12-9-13(11-15(10-12)22(16,19)20)17-6-4-14(18)5-7-17/h9-11H,2-8H2,1H3,(H2,16,19,20). The number of piperidine rings is 1. The van der Waals surface area contributed by atoms with Gasteiger partial charge in [0.2, 0.25) is 10.0 Å². The third-order valence-electron chi connectivity index (χ3n) is 3.78. The van der Waals surface area contributed by atoms with Crippen molar-refractivity contribution in [2.45, 2.75) is 30.6 Å². The molecule has 0 amide bonds. The largest absolute Gasteiger partial charge is 0.385 e. The van der Waals surface area contributed by atoms with E-state index in [1.54, 1.807) is 19.2 Å². The molecule has 2 N–H and O–H groups in total. The molecule has 0 aliphatic carbocycles. The van der Waals surface area contributed by atoms with E-state index < -0.39 is 10.0 Å². The van der Waals surface area contributed by atoms with E-state index in [0.717, 1.165) is 24.1 Å². The van der Waals surface area contributed by atoms with Crippen LogP contribution < -0.4 is 10.0 Å². The molecule has 0 aromatic heterocycles. The molecule has 1 aromatic rings. The van der Waals surface area contributed by atoms with Crippen LogP contribution in [0.1, 0.15) is 24.8 Å². The highest BCUT2D eigenvalue weighted by Gasteiger charge is 2.19. The van der Waals surface area contributed by atoms with E-state index in [2.05, 4.69) is 0 Å². The van der Waals surface area contributed by atoms with Gasteiger partial charge in [0, 0.05) is 45.3 Å². The van der Waals surface area contributed by atoms with Gasteiger partial charge in [-0.25, -0.2) is 13.6 Å². The second-order valence-electron chi connectivity index (χ2n) is 5.50. The number of sulfonamides is 1. The van der Waals surface area contributed by atoms with E-state index in [4.69, 9.17) is 9.88 Å². The maximum Gasteiger partial charge on any atom is 0.238 e. The molecule has 2 rings (SSSR count). The smallest absolute Gasteiger partial charge is 0.238 e. The average Bonchev–Trinajstić information content (AvgIpc) is 2.47. The van der Waals surface area contributed by atoms with Crippen molar-refractivity contribution in [1.29, 1.82) is 0 Å². The lowest BCUT2D eigenvalue weighted by atomic mass is 10.1. The Balaban J connectivity index is 2.27. The molecule has 1 fully saturated rings.